The maximum atomic E-state index is 13.6. The van der Waals surface area contributed by atoms with Gasteiger partial charge in [-0.25, -0.2) is 9.97 Å². The summed E-state index contributed by atoms with van der Waals surface area (Å²) in [6.45, 7) is 4.06. The second-order valence-electron chi connectivity index (χ2n) is 8.28. The minimum absolute atomic E-state index is 0.0254. The monoisotopic (exact) mass is 524 g/mol. The number of aryl methyl sites for hydroxylation is 2. The molecule has 0 radical (unpaired) electrons. The zero-order valence-corrected chi connectivity index (χ0v) is 20.4. The molecule has 0 bridgehead atoms. The number of thiophene rings is 1. The van der Waals surface area contributed by atoms with Gasteiger partial charge >= 0.3 is 6.18 Å². The highest BCUT2D eigenvalue weighted by Crippen LogP contribution is 2.40. The summed E-state index contributed by atoms with van der Waals surface area (Å²) in [5, 5.41) is 7.76. The first-order valence-corrected chi connectivity index (χ1v) is 11.9. The lowest BCUT2D eigenvalue weighted by molar-refractivity contribution is -0.141. The number of rotatable bonds is 5. The number of pyridine rings is 2. The van der Waals surface area contributed by atoms with Gasteiger partial charge in [0, 0.05) is 29.1 Å². The molecule has 4 heterocycles. The fourth-order valence-corrected chi connectivity index (χ4v) is 5.14. The van der Waals surface area contributed by atoms with Crippen LogP contribution in [-0.2, 0) is 12.7 Å². The van der Waals surface area contributed by atoms with Crippen molar-refractivity contribution >= 4 is 50.0 Å². The Hall–Kier alpha value is -4.32. The molecule has 0 aliphatic carbocycles. The molecule has 2 amide bonds. The maximum absolute atomic E-state index is 13.6. The van der Waals surface area contributed by atoms with Crippen molar-refractivity contribution in [2.75, 3.05) is 5.32 Å². The Bertz CT molecular complexity index is 1710. The number of hydrogen-bond acceptors (Lipinski definition) is 6. The first kappa shape index (κ1) is 24.4. The number of halogens is 3. The summed E-state index contributed by atoms with van der Waals surface area (Å²) >= 11 is 0.699. The lowest BCUT2D eigenvalue weighted by Crippen LogP contribution is -2.17. The van der Waals surface area contributed by atoms with Crippen molar-refractivity contribution in [2.24, 2.45) is 5.73 Å². The number of aromatic nitrogens is 4. The first-order chi connectivity index (χ1) is 17.6. The molecule has 0 saturated carbocycles. The van der Waals surface area contributed by atoms with Crippen molar-refractivity contribution in [3.8, 4) is 11.3 Å². The average molecular weight is 525 g/mol. The molecule has 4 aromatic heterocycles. The Morgan fingerprint density at radius 1 is 1.16 bits per heavy atom. The van der Waals surface area contributed by atoms with Crippen molar-refractivity contribution in [1.29, 1.82) is 0 Å². The zero-order chi connectivity index (χ0) is 26.5. The molecule has 0 spiro atoms. The Kier molecular flexibility index (Phi) is 5.91. The molecule has 12 heteroatoms. The molecule has 5 rings (SSSR count). The lowest BCUT2D eigenvalue weighted by atomic mass is 10.0. The highest BCUT2D eigenvalue weighted by Gasteiger charge is 2.34. The minimum Gasteiger partial charge on any atom is -0.365 e. The van der Waals surface area contributed by atoms with Gasteiger partial charge < -0.3 is 11.1 Å². The van der Waals surface area contributed by atoms with Gasteiger partial charge in [-0.3, -0.25) is 14.3 Å². The first-order valence-electron chi connectivity index (χ1n) is 11.1. The van der Waals surface area contributed by atoms with Gasteiger partial charge in [0.25, 0.3) is 11.8 Å². The molecule has 3 N–H and O–H groups in total. The Morgan fingerprint density at radius 2 is 1.92 bits per heavy atom. The Balaban J connectivity index is 1.65. The molecule has 0 atom stereocenters. The maximum Gasteiger partial charge on any atom is 0.433 e. The van der Waals surface area contributed by atoms with Gasteiger partial charge in [-0.1, -0.05) is 18.2 Å². The van der Waals surface area contributed by atoms with E-state index >= 15 is 0 Å². The number of carbonyl (C=O) groups is 2. The number of para-hydroxylation sites is 1. The zero-order valence-electron chi connectivity index (χ0n) is 19.6. The highest BCUT2D eigenvalue weighted by molar-refractivity contribution is 7.21. The smallest absolute Gasteiger partial charge is 0.365 e. The van der Waals surface area contributed by atoms with Crippen LogP contribution in [0.1, 0.15) is 38.2 Å². The second kappa shape index (κ2) is 8.96. The number of anilines is 1. The minimum atomic E-state index is -4.67. The topological polar surface area (TPSA) is 116 Å². The molecule has 0 saturated heterocycles. The summed E-state index contributed by atoms with van der Waals surface area (Å²) in [4.78, 5) is 34.0. The van der Waals surface area contributed by atoms with Crippen molar-refractivity contribution in [1.82, 2.24) is 19.7 Å². The predicted molar refractivity (Wildman–Crippen MR) is 134 cm³/mol. The van der Waals surface area contributed by atoms with E-state index in [1.54, 1.807) is 41.2 Å². The highest BCUT2D eigenvalue weighted by atomic mass is 32.1. The normalized spacial score (nSPS) is 11.8. The van der Waals surface area contributed by atoms with E-state index in [0.29, 0.717) is 40.0 Å². The SMILES string of the molecule is CCn1cc(-c2cc(C(=O)Nc3c(C(N)=O)sc4nc(C(F)(F)F)cc(C)c34)c3ccccc3n2)cn1. The molecule has 8 nitrogen and oxygen atoms in total. The molecule has 0 fully saturated rings. The summed E-state index contributed by atoms with van der Waals surface area (Å²) in [5.74, 6) is -1.47. The third kappa shape index (κ3) is 4.40. The van der Waals surface area contributed by atoms with E-state index in [1.165, 1.54) is 6.92 Å². The molecule has 0 unspecified atom stereocenters. The van der Waals surface area contributed by atoms with Crippen LogP contribution in [0.25, 0.3) is 32.4 Å². The van der Waals surface area contributed by atoms with Crippen LogP contribution >= 0.6 is 11.3 Å². The van der Waals surface area contributed by atoms with Crippen LogP contribution in [0.5, 0.6) is 0 Å². The quantitative estimate of drug-likeness (QED) is 0.319. The third-order valence-corrected chi connectivity index (χ3v) is 6.92. The number of primary amides is 1. The van der Waals surface area contributed by atoms with Gasteiger partial charge in [0.2, 0.25) is 0 Å². The Morgan fingerprint density at radius 3 is 2.59 bits per heavy atom. The molecule has 5 aromatic rings. The number of carbonyl (C=O) groups excluding carboxylic acids is 2. The van der Waals surface area contributed by atoms with Crippen molar-refractivity contribution < 1.29 is 22.8 Å². The summed E-state index contributed by atoms with van der Waals surface area (Å²) in [5.41, 5.74) is 6.70. The molecular weight excluding hydrogens is 505 g/mol. The van der Waals surface area contributed by atoms with E-state index in [4.69, 9.17) is 5.73 Å². The predicted octanol–water partition coefficient (Wildman–Crippen LogP) is 5.41. The molecule has 1 aromatic carbocycles. The number of alkyl halides is 3. The number of nitrogens with two attached hydrogens (primary N) is 1. The van der Waals surface area contributed by atoms with Crippen molar-refractivity contribution in [2.45, 2.75) is 26.6 Å². The van der Waals surface area contributed by atoms with E-state index in [-0.39, 0.29) is 31.9 Å². The number of hydrogen-bond donors (Lipinski definition) is 2. The van der Waals surface area contributed by atoms with Gasteiger partial charge in [-0.05, 0) is 37.6 Å². The van der Waals surface area contributed by atoms with Gasteiger partial charge in [-0.2, -0.15) is 18.3 Å². The van der Waals surface area contributed by atoms with E-state index in [9.17, 15) is 22.8 Å². The summed E-state index contributed by atoms with van der Waals surface area (Å²) in [7, 11) is 0. The summed E-state index contributed by atoms with van der Waals surface area (Å²) in [6, 6.07) is 9.54. The van der Waals surface area contributed by atoms with Crippen LogP contribution in [0.15, 0.2) is 48.8 Å². The van der Waals surface area contributed by atoms with Crippen molar-refractivity contribution in [3.63, 3.8) is 0 Å². The van der Waals surface area contributed by atoms with Crippen LogP contribution in [0, 0.1) is 6.92 Å². The van der Waals surface area contributed by atoms with Crippen LogP contribution in [0.2, 0.25) is 0 Å². The van der Waals surface area contributed by atoms with E-state index < -0.39 is 23.7 Å². The van der Waals surface area contributed by atoms with Crippen LogP contribution < -0.4 is 11.1 Å². The number of fused-ring (bicyclic) bond motifs is 2. The fraction of sp³-hybridized carbons (Fsp3) is 0.160. The molecule has 188 valence electrons. The average Bonchev–Trinajstić information content (AvgIpc) is 3.48. The van der Waals surface area contributed by atoms with Crippen LogP contribution in [0.4, 0.5) is 18.9 Å². The van der Waals surface area contributed by atoms with Crippen LogP contribution in [0.3, 0.4) is 0 Å². The van der Waals surface area contributed by atoms with Crippen LogP contribution in [-0.4, -0.2) is 31.6 Å². The largest absolute Gasteiger partial charge is 0.433 e. The lowest BCUT2D eigenvalue weighted by Gasteiger charge is -2.12. The number of nitrogens with one attached hydrogen (secondary N) is 1. The second-order valence-corrected chi connectivity index (χ2v) is 9.28. The van der Waals surface area contributed by atoms with E-state index in [1.807, 2.05) is 13.1 Å². The standard InChI is InChI=1S/C25H19F3N6O2S/c1-3-34-11-13(10-30-34)17-9-15(14-6-4-5-7-16(14)31-17)23(36)33-20-19-12(2)8-18(25(26,27)28)32-24(19)37-21(20)22(29)35/h4-11H,3H2,1-2H3,(H2,29,35)(H,33,36). The molecule has 0 aliphatic rings. The van der Waals surface area contributed by atoms with Crippen molar-refractivity contribution in [3.05, 3.63) is 70.5 Å². The summed E-state index contributed by atoms with van der Waals surface area (Å²) < 4.78 is 41.7. The molecule has 37 heavy (non-hydrogen) atoms. The fourth-order valence-electron chi connectivity index (χ4n) is 4.08. The third-order valence-electron chi connectivity index (χ3n) is 5.83. The Labute approximate surface area is 211 Å². The molecular formula is C25H19F3N6O2S. The van der Waals surface area contributed by atoms with Gasteiger partial charge in [0.15, 0.2) is 0 Å². The van der Waals surface area contributed by atoms with E-state index in [2.05, 4.69) is 20.4 Å². The van der Waals surface area contributed by atoms with E-state index in [0.717, 1.165) is 6.07 Å². The van der Waals surface area contributed by atoms with Gasteiger partial charge in [-0.15, -0.1) is 11.3 Å². The number of benzene rings is 1. The number of amides is 2. The molecule has 0 aliphatic heterocycles. The van der Waals surface area contributed by atoms with Gasteiger partial charge in [0.05, 0.1) is 28.7 Å². The summed E-state index contributed by atoms with van der Waals surface area (Å²) in [6.07, 6.45) is -1.21. The number of nitrogens with zero attached hydrogens (tertiary/aromatic N) is 4. The van der Waals surface area contributed by atoms with Gasteiger partial charge in [0.1, 0.15) is 15.4 Å².